The number of amides is 1. The van der Waals surface area contributed by atoms with E-state index >= 15 is 0 Å². The van der Waals surface area contributed by atoms with Crippen molar-refractivity contribution >= 4 is 22.4 Å². The quantitative estimate of drug-likeness (QED) is 0.669. The third-order valence-electron chi connectivity index (χ3n) is 4.52. The van der Waals surface area contributed by atoms with Gasteiger partial charge >= 0.3 is 0 Å². The minimum Gasteiger partial charge on any atom is -0.366 e. The molecule has 3 aromatic rings. The summed E-state index contributed by atoms with van der Waals surface area (Å²) in [6.07, 6.45) is 7.53. The number of hydrogen-bond acceptors (Lipinski definition) is 5. The third kappa shape index (κ3) is 3.94. The molecule has 1 amide bonds. The molecule has 0 aliphatic heterocycles. The number of ether oxygens (including phenoxy) is 1. The second-order valence-corrected chi connectivity index (χ2v) is 7.89. The van der Waals surface area contributed by atoms with Gasteiger partial charge in [0.05, 0.1) is 11.8 Å². The van der Waals surface area contributed by atoms with Crippen LogP contribution in [0.5, 0.6) is 0 Å². The van der Waals surface area contributed by atoms with Crippen LogP contribution in [-0.2, 0) is 16.9 Å². The van der Waals surface area contributed by atoms with E-state index < -0.39 is 0 Å². The van der Waals surface area contributed by atoms with E-state index in [-0.39, 0.29) is 17.6 Å². The molecule has 0 saturated heterocycles. The Morgan fingerprint density at radius 3 is 2.81 bits per heavy atom. The van der Waals surface area contributed by atoms with E-state index in [1.165, 1.54) is 11.3 Å². The van der Waals surface area contributed by atoms with Crippen molar-refractivity contribution in [1.29, 1.82) is 0 Å². The fourth-order valence-electron chi connectivity index (χ4n) is 3.14. The van der Waals surface area contributed by atoms with E-state index in [1.54, 1.807) is 12.4 Å². The Morgan fingerprint density at radius 2 is 2.11 bits per heavy atom. The topological polar surface area (TPSA) is 69.0 Å². The fourth-order valence-corrected chi connectivity index (χ4v) is 3.94. The molecule has 0 radical (unpaired) electrons. The molecule has 27 heavy (non-hydrogen) atoms. The molecule has 1 aliphatic carbocycles. The zero-order valence-electron chi connectivity index (χ0n) is 15.4. The van der Waals surface area contributed by atoms with Crippen LogP contribution in [0.25, 0.3) is 0 Å². The Labute approximate surface area is 162 Å². The Kier molecular flexibility index (Phi) is 4.80. The summed E-state index contributed by atoms with van der Waals surface area (Å²) >= 11 is 1.44. The number of aromatic nitrogens is 3. The maximum absolute atomic E-state index is 12.7. The summed E-state index contributed by atoms with van der Waals surface area (Å²) in [5.74, 6) is -0.162. The Bertz CT molecular complexity index is 928. The summed E-state index contributed by atoms with van der Waals surface area (Å²) in [7, 11) is 0. The molecule has 0 aromatic carbocycles. The Balaban J connectivity index is 1.46. The van der Waals surface area contributed by atoms with Crippen molar-refractivity contribution in [2.75, 3.05) is 5.32 Å². The van der Waals surface area contributed by atoms with Crippen molar-refractivity contribution in [3.05, 3.63) is 65.2 Å². The lowest BCUT2D eigenvalue weighted by molar-refractivity contribution is -0.0164. The molecule has 140 valence electrons. The molecule has 1 N–H and O–H groups in total. The molecule has 0 atom stereocenters. The van der Waals surface area contributed by atoms with Crippen molar-refractivity contribution in [1.82, 2.24) is 14.5 Å². The average molecular weight is 382 g/mol. The number of rotatable bonds is 7. The summed E-state index contributed by atoms with van der Waals surface area (Å²) in [5, 5.41) is 5.51. The third-order valence-corrected chi connectivity index (χ3v) is 5.28. The van der Waals surface area contributed by atoms with Crippen LogP contribution < -0.4 is 5.32 Å². The van der Waals surface area contributed by atoms with Crippen molar-refractivity contribution in [2.45, 2.75) is 44.9 Å². The first-order chi connectivity index (χ1) is 13.1. The van der Waals surface area contributed by atoms with Gasteiger partial charge in [-0.1, -0.05) is 0 Å². The summed E-state index contributed by atoms with van der Waals surface area (Å²) < 4.78 is 7.95. The number of carbonyl (C=O) groups is 1. The summed E-state index contributed by atoms with van der Waals surface area (Å²) in [6, 6.07) is 7.57. The first kappa shape index (κ1) is 17.9. The van der Waals surface area contributed by atoms with Crippen molar-refractivity contribution < 1.29 is 9.53 Å². The maximum atomic E-state index is 12.7. The van der Waals surface area contributed by atoms with Gasteiger partial charge < -0.3 is 9.30 Å². The first-order valence-electron chi connectivity index (χ1n) is 9.05. The zero-order valence-corrected chi connectivity index (χ0v) is 16.2. The molecule has 1 aliphatic rings. The van der Waals surface area contributed by atoms with Crippen LogP contribution in [0.2, 0.25) is 0 Å². The molecule has 1 fully saturated rings. The van der Waals surface area contributed by atoms with Crippen LogP contribution >= 0.6 is 11.3 Å². The second-order valence-electron chi connectivity index (χ2n) is 7.03. The van der Waals surface area contributed by atoms with Crippen LogP contribution in [0.1, 0.15) is 48.4 Å². The number of carbonyl (C=O) groups excluding carboxylic acids is 1. The van der Waals surface area contributed by atoms with Crippen molar-refractivity contribution in [3.8, 4) is 0 Å². The molecule has 0 spiro atoms. The van der Waals surface area contributed by atoms with Gasteiger partial charge in [0, 0.05) is 30.5 Å². The fraction of sp³-hybridized carbons (Fsp3) is 0.350. The Morgan fingerprint density at radius 1 is 1.33 bits per heavy atom. The highest BCUT2D eigenvalue weighted by atomic mass is 32.1. The normalized spacial score (nSPS) is 15.1. The van der Waals surface area contributed by atoms with Crippen LogP contribution in [-0.4, -0.2) is 26.5 Å². The summed E-state index contributed by atoms with van der Waals surface area (Å²) in [6.45, 7) is 4.69. The zero-order chi connectivity index (χ0) is 18.9. The van der Waals surface area contributed by atoms with Gasteiger partial charge in [-0.2, -0.15) is 0 Å². The summed E-state index contributed by atoms with van der Waals surface area (Å²) in [4.78, 5) is 21.4. The molecule has 3 aromatic heterocycles. The van der Waals surface area contributed by atoms with Crippen molar-refractivity contribution in [2.24, 2.45) is 0 Å². The summed E-state index contributed by atoms with van der Waals surface area (Å²) in [5.41, 5.74) is 2.36. The number of nitrogens with zero attached hydrogens (tertiary/aromatic N) is 3. The van der Waals surface area contributed by atoms with Gasteiger partial charge in [-0.05, 0) is 56.5 Å². The van der Waals surface area contributed by atoms with Gasteiger partial charge in [0.2, 0.25) is 0 Å². The lowest BCUT2D eigenvalue weighted by Gasteiger charge is -2.17. The lowest BCUT2D eigenvalue weighted by Crippen LogP contribution is -2.19. The predicted octanol–water partition coefficient (Wildman–Crippen LogP) is 4.05. The highest BCUT2D eigenvalue weighted by Gasteiger charge is 2.48. The highest BCUT2D eigenvalue weighted by Crippen LogP contribution is 2.50. The standard InChI is InChI=1S/C20H22N4O2S/c1-14(2)26-20(7-8-20)17-13-27-19(22-17)23-18(25)16-4-3-11-24(16)12-15-5-9-21-10-6-15/h3-6,9-11,13-14H,7-8,12H2,1-2H3,(H,22,23,25). The molecule has 7 heteroatoms. The highest BCUT2D eigenvalue weighted by molar-refractivity contribution is 7.14. The maximum Gasteiger partial charge on any atom is 0.274 e. The number of hydrogen-bond donors (Lipinski definition) is 1. The first-order valence-corrected chi connectivity index (χ1v) is 9.93. The second kappa shape index (κ2) is 7.25. The van der Waals surface area contributed by atoms with E-state index in [9.17, 15) is 4.79 Å². The van der Waals surface area contributed by atoms with Gasteiger partial charge in [0.25, 0.3) is 5.91 Å². The minimum absolute atomic E-state index is 0.156. The number of nitrogens with one attached hydrogen (secondary N) is 1. The molecule has 0 bridgehead atoms. The molecular weight excluding hydrogens is 360 g/mol. The van der Waals surface area contributed by atoms with Gasteiger partial charge in [-0.3, -0.25) is 15.1 Å². The monoisotopic (exact) mass is 382 g/mol. The van der Waals surface area contributed by atoms with E-state index in [1.807, 2.05) is 54.3 Å². The van der Waals surface area contributed by atoms with Gasteiger partial charge in [-0.25, -0.2) is 4.98 Å². The molecule has 1 saturated carbocycles. The van der Waals surface area contributed by atoms with Crippen LogP contribution in [0, 0.1) is 0 Å². The van der Waals surface area contributed by atoms with E-state index in [0.717, 1.165) is 24.1 Å². The lowest BCUT2D eigenvalue weighted by atomic mass is 10.2. The number of pyridine rings is 1. The average Bonchev–Trinajstić information content (AvgIpc) is 3.06. The van der Waals surface area contributed by atoms with E-state index in [0.29, 0.717) is 17.4 Å². The van der Waals surface area contributed by atoms with Crippen LogP contribution in [0.4, 0.5) is 5.13 Å². The minimum atomic E-state index is -0.255. The van der Waals surface area contributed by atoms with Gasteiger partial charge in [0.1, 0.15) is 11.3 Å². The van der Waals surface area contributed by atoms with E-state index in [4.69, 9.17) is 4.74 Å². The van der Waals surface area contributed by atoms with Crippen molar-refractivity contribution in [3.63, 3.8) is 0 Å². The smallest absolute Gasteiger partial charge is 0.274 e. The Hall–Kier alpha value is -2.51. The molecule has 0 unspecified atom stereocenters. The number of anilines is 1. The predicted molar refractivity (Wildman–Crippen MR) is 105 cm³/mol. The molecule has 4 rings (SSSR count). The SMILES string of the molecule is CC(C)OC1(c2csc(NC(=O)c3cccn3Cc3ccncc3)n2)CC1. The van der Waals surface area contributed by atoms with Gasteiger partial charge in [-0.15, -0.1) is 11.3 Å². The van der Waals surface area contributed by atoms with E-state index in [2.05, 4.69) is 15.3 Å². The number of thiazole rings is 1. The molecule has 3 heterocycles. The molecule has 6 nitrogen and oxygen atoms in total. The van der Waals surface area contributed by atoms with Crippen LogP contribution in [0.15, 0.2) is 48.2 Å². The van der Waals surface area contributed by atoms with Crippen LogP contribution in [0.3, 0.4) is 0 Å². The van der Waals surface area contributed by atoms with Gasteiger partial charge in [0.15, 0.2) is 5.13 Å². The largest absolute Gasteiger partial charge is 0.366 e. The molecular formula is C20H22N4O2S.